The maximum Gasteiger partial charge on any atom is 0.104 e. The minimum atomic E-state index is 0. The number of benzene rings is 1. The van der Waals surface area contributed by atoms with Gasteiger partial charge in [0.05, 0.1) is 20.6 Å². The Balaban J connectivity index is 0.00000256. The van der Waals surface area contributed by atoms with Crippen molar-refractivity contribution in [2.45, 2.75) is 39.2 Å². The Bertz CT molecular complexity index is 282. The van der Waals surface area contributed by atoms with E-state index in [0.717, 1.165) is 11.0 Å². The SMILES string of the molecule is CCCCCC[N+](C)(C)Cc1ccccc1.[I-]. The Morgan fingerprint density at radius 3 is 2.18 bits per heavy atom. The zero-order chi connectivity index (χ0) is 11.9. The zero-order valence-electron chi connectivity index (χ0n) is 11.5. The molecule has 0 aromatic heterocycles. The van der Waals surface area contributed by atoms with Gasteiger partial charge >= 0.3 is 0 Å². The van der Waals surface area contributed by atoms with Crippen molar-refractivity contribution in [2.24, 2.45) is 0 Å². The molecule has 0 fully saturated rings. The molecule has 0 N–H and O–H groups in total. The van der Waals surface area contributed by atoms with Crippen molar-refractivity contribution in [3.8, 4) is 0 Å². The maximum absolute atomic E-state index is 2.33. The molecule has 0 aliphatic carbocycles. The molecule has 0 spiro atoms. The van der Waals surface area contributed by atoms with Crippen LogP contribution in [0.3, 0.4) is 0 Å². The van der Waals surface area contributed by atoms with Crippen LogP contribution >= 0.6 is 0 Å². The fourth-order valence-corrected chi connectivity index (χ4v) is 2.12. The van der Waals surface area contributed by atoms with Gasteiger partial charge in [0, 0.05) is 5.56 Å². The Morgan fingerprint density at radius 2 is 1.59 bits per heavy atom. The lowest BCUT2D eigenvalue weighted by atomic mass is 10.1. The van der Waals surface area contributed by atoms with E-state index in [9.17, 15) is 0 Å². The topological polar surface area (TPSA) is 0 Å². The smallest absolute Gasteiger partial charge is 0.104 e. The predicted molar refractivity (Wildman–Crippen MR) is 71.3 cm³/mol. The van der Waals surface area contributed by atoms with Crippen molar-refractivity contribution in [3.63, 3.8) is 0 Å². The highest BCUT2D eigenvalue weighted by atomic mass is 127. The number of hydrogen-bond acceptors (Lipinski definition) is 0. The summed E-state index contributed by atoms with van der Waals surface area (Å²) >= 11 is 0. The van der Waals surface area contributed by atoms with Crippen molar-refractivity contribution in [2.75, 3.05) is 20.6 Å². The van der Waals surface area contributed by atoms with Crippen LogP contribution < -0.4 is 24.0 Å². The fraction of sp³-hybridized carbons (Fsp3) is 0.600. The van der Waals surface area contributed by atoms with E-state index in [0.29, 0.717) is 0 Å². The van der Waals surface area contributed by atoms with Gasteiger partial charge < -0.3 is 28.5 Å². The molecule has 1 rings (SSSR count). The standard InChI is InChI=1S/C15H26N.HI/c1-4-5-6-10-13-16(2,3)14-15-11-8-7-9-12-15;/h7-9,11-12H,4-6,10,13-14H2,1-3H3;1H/q+1;/p-1. The van der Waals surface area contributed by atoms with E-state index in [1.54, 1.807) is 0 Å². The molecule has 0 unspecified atom stereocenters. The van der Waals surface area contributed by atoms with Crippen molar-refractivity contribution >= 4 is 0 Å². The van der Waals surface area contributed by atoms with Crippen LogP contribution in [-0.4, -0.2) is 25.1 Å². The highest BCUT2D eigenvalue weighted by molar-refractivity contribution is 5.13. The second-order valence-corrected chi connectivity index (χ2v) is 5.36. The van der Waals surface area contributed by atoms with Gasteiger partial charge in [0.2, 0.25) is 0 Å². The van der Waals surface area contributed by atoms with Crippen molar-refractivity contribution < 1.29 is 28.5 Å². The molecule has 0 atom stereocenters. The van der Waals surface area contributed by atoms with E-state index < -0.39 is 0 Å². The summed E-state index contributed by atoms with van der Waals surface area (Å²) < 4.78 is 1.10. The Hall–Kier alpha value is -0.0900. The fourth-order valence-electron chi connectivity index (χ4n) is 2.12. The van der Waals surface area contributed by atoms with Gasteiger partial charge in [0.1, 0.15) is 6.54 Å². The Kier molecular flexibility index (Phi) is 8.88. The number of halogens is 1. The quantitative estimate of drug-likeness (QED) is 0.390. The molecule has 0 saturated heterocycles. The van der Waals surface area contributed by atoms with Crippen molar-refractivity contribution in [1.29, 1.82) is 0 Å². The van der Waals surface area contributed by atoms with Crippen LogP contribution in [0.4, 0.5) is 0 Å². The molecular weight excluding hydrogens is 321 g/mol. The average Bonchev–Trinajstić information content (AvgIpc) is 2.25. The first kappa shape index (κ1) is 16.9. The van der Waals surface area contributed by atoms with E-state index in [1.807, 2.05) is 0 Å². The summed E-state index contributed by atoms with van der Waals surface area (Å²) in [7, 11) is 4.66. The van der Waals surface area contributed by atoms with E-state index in [1.165, 1.54) is 37.8 Å². The van der Waals surface area contributed by atoms with Crippen LogP contribution in [0.25, 0.3) is 0 Å². The number of nitrogens with zero attached hydrogens (tertiary/aromatic N) is 1. The zero-order valence-corrected chi connectivity index (χ0v) is 13.6. The molecule has 0 aliphatic rings. The second kappa shape index (κ2) is 8.92. The average molecular weight is 347 g/mol. The molecule has 1 nitrogen and oxygen atoms in total. The summed E-state index contributed by atoms with van der Waals surface area (Å²) in [5, 5.41) is 0. The molecule has 98 valence electrons. The summed E-state index contributed by atoms with van der Waals surface area (Å²) in [6, 6.07) is 10.8. The summed E-state index contributed by atoms with van der Waals surface area (Å²) in [6.45, 7) is 4.70. The van der Waals surface area contributed by atoms with E-state index in [-0.39, 0.29) is 24.0 Å². The van der Waals surface area contributed by atoms with Gasteiger partial charge in [0.25, 0.3) is 0 Å². The van der Waals surface area contributed by atoms with Crippen LogP contribution in [0.1, 0.15) is 38.2 Å². The molecule has 2 heteroatoms. The highest BCUT2D eigenvalue weighted by Crippen LogP contribution is 2.11. The molecule has 0 saturated carbocycles. The lowest BCUT2D eigenvalue weighted by Crippen LogP contribution is -3.00. The Labute approximate surface area is 124 Å². The number of rotatable bonds is 7. The van der Waals surface area contributed by atoms with Gasteiger partial charge in [-0.15, -0.1) is 0 Å². The lowest BCUT2D eigenvalue weighted by molar-refractivity contribution is -0.903. The predicted octanol–water partition coefficient (Wildman–Crippen LogP) is 0.847. The van der Waals surface area contributed by atoms with E-state index in [4.69, 9.17) is 0 Å². The normalized spacial score (nSPS) is 11.0. The van der Waals surface area contributed by atoms with Crippen LogP contribution in [-0.2, 0) is 6.54 Å². The number of hydrogen-bond donors (Lipinski definition) is 0. The van der Waals surface area contributed by atoms with E-state index >= 15 is 0 Å². The summed E-state index contributed by atoms with van der Waals surface area (Å²) in [5.41, 5.74) is 1.45. The lowest BCUT2D eigenvalue weighted by Gasteiger charge is -2.30. The molecule has 1 aromatic rings. The molecular formula is C15H26IN. The molecule has 0 amide bonds. The number of unbranched alkanes of at least 4 members (excludes halogenated alkanes) is 3. The third-order valence-electron chi connectivity index (χ3n) is 3.07. The first-order chi connectivity index (χ1) is 7.64. The Morgan fingerprint density at radius 1 is 0.941 bits per heavy atom. The van der Waals surface area contributed by atoms with E-state index in [2.05, 4.69) is 51.4 Å². The molecule has 1 aromatic carbocycles. The highest BCUT2D eigenvalue weighted by Gasteiger charge is 2.14. The van der Waals surface area contributed by atoms with Crippen LogP contribution in [0.5, 0.6) is 0 Å². The molecule has 0 aliphatic heterocycles. The van der Waals surface area contributed by atoms with Gasteiger partial charge in [-0.05, 0) is 12.8 Å². The minimum absolute atomic E-state index is 0. The van der Waals surface area contributed by atoms with Crippen molar-refractivity contribution in [1.82, 2.24) is 0 Å². The minimum Gasteiger partial charge on any atom is -1.00 e. The molecule has 0 bridgehead atoms. The van der Waals surface area contributed by atoms with Crippen molar-refractivity contribution in [3.05, 3.63) is 35.9 Å². The van der Waals surface area contributed by atoms with Crippen LogP contribution in [0.15, 0.2) is 30.3 Å². The monoisotopic (exact) mass is 347 g/mol. The summed E-state index contributed by atoms with van der Waals surface area (Å²) in [5.74, 6) is 0. The van der Waals surface area contributed by atoms with Gasteiger partial charge in [0.15, 0.2) is 0 Å². The van der Waals surface area contributed by atoms with Crippen LogP contribution in [0, 0.1) is 0 Å². The summed E-state index contributed by atoms with van der Waals surface area (Å²) in [6.07, 6.45) is 5.44. The second-order valence-electron chi connectivity index (χ2n) is 5.36. The third-order valence-corrected chi connectivity index (χ3v) is 3.07. The van der Waals surface area contributed by atoms with Gasteiger partial charge in [-0.1, -0.05) is 50.1 Å². The first-order valence-electron chi connectivity index (χ1n) is 6.50. The summed E-state index contributed by atoms with van der Waals surface area (Å²) in [4.78, 5) is 0. The number of quaternary nitrogens is 1. The molecule has 0 heterocycles. The van der Waals surface area contributed by atoms with Crippen LogP contribution in [0.2, 0.25) is 0 Å². The third kappa shape index (κ3) is 7.77. The van der Waals surface area contributed by atoms with Gasteiger partial charge in [-0.25, -0.2) is 0 Å². The maximum atomic E-state index is 2.33. The molecule has 0 radical (unpaired) electrons. The first-order valence-corrected chi connectivity index (χ1v) is 6.50. The van der Waals surface area contributed by atoms with Gasteiger partial charge in [-0.3, -0.25) is 0 Å². The molecule has 17 heavy (non-hydrogen) atoms. The largest absolute Gasteiger partial charge is 1.00 e. The van der Waals surface area contributed by atoms with Gasteiger partial charge in [-0.2, -0.15) is 0 Å².